The molecule has 16 heavy (non-hydrogen) atoms. The minimum absolute atomic E-state index is 0.146. The van der Waals surface area contributed by atoms with Crippen molar-refractivity contribution in [2.75, 3.05) is 5.32 Å². The summed E-state index contributed by atoms with van der Waals surface area (Å²) in [5, 5.41) is 2.99. The van der Waals surface area contributed by atoms with Crippen molar-refractivity contribution in [1.29, 1.82) is 0 Å². The van der Waals surface area contributed by atoms with Gasteiger partial charge in [-0.05, 0) is 37.8 Å². The molecule has 1 unspecified atom stereocenters. The fourth-order valence-electron chi connectivity index (χ4n) is 2.94. The van der Waals surface area contributed by atoms with E-state index in [1.54, 1.807) is 0 Å². The van der Waals surface area contributed by atoms with Gasteiger partial charge in [-0.15, -0.1) is 0 Å². The van der Waals surface area contributed by atoms with E-state index < -0.39 is 0 Å². The van der Waals surface area contributed by atoms with Crippen molar-refractivity contribution in [2.45, 2.75) is 31.6 Å². The summed E-state index contributed by atoms with van der Waals surface area (Å²) in [4.78, 5) is 12.2. The second-order valence-corrected chi connectivity index (χ2v) is 4.82. The second-order valence-electron chi connectivity index (χ2n) is 4.82. The molecule has 0 saturated heterocycles. The molecule has 2 nitrogen and oxygen atoms in total. The third kappa shape index (κ3) is 1.16. The van der Waals surface area contributed by atoms with Gasteiger partial charge in [0.15, 0.2) is 0 Å². The van der Waals surface area contributed by atoms with Crippen molar-refractivity contribution in [3.8, 4) is 0 Å². The molecule has 2 aliphatic rings. The average molecular weight is 213 g/mol. The number of anilines is 1. The van der Waals surface area contributed by atoms with Gasteiger partial charge in [0.2, 0.25) is 5.91 Å². The molecule has 82 valence electrons. The fourth-order valence-corrected chi connectivity index (χ4v) is 2.94. The van der Waals surface area contributed by atoms with Crippen LogP contribution in [0.4, 0.5) is 5.69 Å². The monoisotopic (exact) mass is 213 g/mol. The normalized spacial score (nSPS) is 27.6. The lowest BCUT2D eigenvalue weighted by Crippen LogP contribution is -2.34. The summed E-state index contributed by atoms with van der Waals surface area (Å²) in [7, 11) is 0. The SMILES string of the molecule is CC1=CC2(CCC1)C(=O)Nc1ccccc12. The van der Waals surface area contributed by atoms with Crippen LogP contribution in [-0.2, 0) is 10.2 Å². The molecular weight excluding hydrogens is 198 g/mol. The van der Waals surface area contributed by atoms with Crippen LogP contribution < -0.4 is 5.32 Å². The van der Waals surface area contributed by atoms with Crippen molar-refractivity contribution >= 4 is 11.6 Å². The molecule has 0 aromatic heterocycles. The maximum Gasteiger partial charge on any atom is 0.238 e. The lowest BCUT2D eigenvalue weighted by molar-refractivity contribution is -0.119. The Balaban J connectivity index is 2.21. The number of allylic oxidation sites excluding steroid dienone is 1. The van der Waals surface area contributed by atoms with Crippen molar-refractivity contribution in [1.82, 2.24) is 0 Å². The van der Waals surface area contributed by atoms with Gasteiger partial charge >= 0.3 is 0 Å². The van der Waals surface area contributed by atoms with Crippen LogP contribution in [0.3, 0.4) is 0 Å². The first kappa shape index (κ1) is 9.64. The van der Waals surface area contributed by atoms with Gasteiger partial charge in [0, 0.05) is 5.69 Å². The molecule has 0 fully saturated rings. The number of amides is 1. The zero-order chi connectivity index (χ0) is 11.2. The number of carbonyl (C=O) groups excluding carboxylic acids is 1. The fraction of sp³-hybridized carbons (Fsp3) is 0.357. The first-order valence-corrected chi connectivity index (χ1v) is 5.82. The lowest BCUT2D eigenvalue weighted by Gasteiger charge is -2.28. The van der Waals surface area contributed by atoms with Crippen LogP contribution in [0, 0.1) is 0 Å². The zero-order valence-electron chi connectivity index (χ0n) is 9.42. The molecule has 0 bridgehead atoms. The number of carbonyl (C=O) groups is 1. The highest BCUT2D eigenvalue weighted by molar-refractivity contribution is 6.07. The van der Waals surface area contributed by atoms with Crippen molar-refractivity contribution in [3.05, 3.63) is 41.5 Å². The molecule has 0 radical (unpaired) electrons. The summed E-state index contributed by atoms with van der Waals surface area (Å²) >= 11 is 0. The predicted octanol–water partition coefficient (Wildman–Crippen LogP) is 3.01. The third-order valence-corrected chi connectivity index (χ3v) is 3.70. The summed E-state index contributed by atoms with van der Waals surface area (Å²) in [6.07, 6.45) is 5.33. The second kappa shape index (κ2) is 3.21. The van der Waals surface area contributed by atoms with E-state index in [4.69, 9.17) is 0 Å². The molecule has 1 N–H and O–H groups in total. The Bertz CT molecular complexity index is 489. The van der Waals surface area contributed by atoms with E-state index in [0.29, 0.717) is 0 Å². The summed E-state index contributed by atoms with van der Waals surface area (Å²) in [5.74, 6) is 0.146. The molecule has 1 spiro atoms. The van der Waals surface area contributed by atoms with Crippen LogP contribution in [0.2, 0.25) is 0 Å². The number of fused-ring (bicyclic) bond motifs is 2. The molecule has 2 heteroatoms. The first-order valence-electron chi connectivity index (χ1n) is 5.82. The smallest absolute Gasteiger partial charge is 0.238 e. The van der Waals surface area contributed by atoms with E-state index in [1.807, 2.05) is 18.2 Å². The Labute approximate surface area is 95.4 Å². The molecular formula is C14H15NO. The first-order chi connectivity index (χ1) is 7.72. The van der Waals surface area contributed by atoms with Gasteiger partial charge in [-0.3, -0.25) is 4.79 Å². The Morgan fingerprint density at radius 1 is 1.31 bits per heavy atom. The maximum atomic E-state index is 12.2. The van der Waals surface area contributed by atoms with Gasteiger partial charge in [0.25, 0.3) is 0 Å². The topological polar surface area (TPSA) is 29.1 Å². The molecule has 1 atom stereocenters. The van der Waals surface area contributed by atoms with Crippen LogP contribution in [0.1, 0.15) is 31.7 Å². The number of hydrogen-bond donors (Lipinski definition) is 1. The molecule has 1 amide bonds. The highest BCUT2D eigenvalue weighted by atomic mass is 16.2. The Morgan fingerprint density at radius 3 is 2.94 bits per heavy atom. The average Bonchev–Trinajstić information content (AvgIpc) is 2.53. The largest absolute Gasteiger partial charge is 0.325 e. The minimum Gasteiger partial charge on any atom is -0.325 e. The van der Waals surface area contributed by atoms with Crippen LogP contribution in [-0.4, -0.2) is 5.91 Å². The van der Waals surface area contributed by atoms with E-state index in [9.17, 15) is 4.79 Å². The molecule has 1 heterocycles. The number of hydrogen-bond acceptors (Lipinski definition) is 1. The summed E-state index contributed by atoms with van der Waals surface area (Å²) in [6, 6.07) is 8.04. The van der Waals surface area contributed by atoms with Gasteiger partial charge in [-0.1, -0.05) is 29.8 Å². The highest BCUT2D eigenvalue weighted by Crippen LogP contribution is 2.45. The number of benzene rings is 1. The van der Waals surface area contributed by atoms with Gasteiger partial charge in [-0.25, -0.2) is 0 Å². The minimum atomic E-state index is -0.376. The van der Waals surface area contributed by atoms with E-state index in [1.165, 1.54) is 5.57 Å². The molecule has 1 aliphatic carbocycles. The Morgan fingerprint density at radius 2 is 2.12 bits per heavy atom. The van der Waals surface area contributed by atoms with E-state index in [-0.39, 0.29) is 11.3 Å². The quantitative estimate of drug-likeness (QED) is 0.659. The van der Waals surface area contributed by atoms with Gasteiger partial charge in [-0.2, -0.15) is 0 Å². The number of rotatable bonds is 0. The maximum absolute atomic E-state index is 12.2. The Hall–Kier alpha value is -1.57. The zero-order valence-corrected chi connectivity index (χ0v) is 9.42. The molecule has 3 rings (SSSR count). The molecule has 1 aromatic rings. The van der Waals surface area contributed by atoms with Crippen LogP contribution in [0.15, 0.2) is 35.9 Å². The van der Waals surface area contributed by atoms with E-state index >= 15 is 0 Å². The van der Waals surface area contributed by atoms with Crippen molar-refractivity contribution in [2.24, 2.45) is 0 Å². The molecule has 1 aromatic carbocycles. The van der Waals surface area contributed by atoms with Gasteiger partial charge < -0.3 is 5.32 Å². The summed E-state index contributed by atoms with van der Waals surface area (Å²) < 4.78 is 0. The standard InChI is InChI=1S/C14H15NO/c1-10-5-4-8-14(9-10)11-6-2-3-7-12(11)15-13(14)16/h2-3,6-7,9H,4-5,8H2,1H3,(H,15,16). The molecule has 0 saturated carbocycles. The summed E-state index contributed by atoms with van der Waals surface area (Å²) in [6.45, 7) is 2.12. The van der Waals surface area contributed by atoms with Crippen LogP contribution in [0.5, 0.6) is 0 Å². The number of nitrogens with one attached hydrogen (secondary N) is 1. The molecule has 1 aliphatic heterocycles. The lowest BCUT2D eigenvalue weighted by atomic mass is 9.72. The van der Waals surface area contributed by atoms with Crippen molar-refractivity contribution < 1.29 is 4.79 Å². The van der Waals surface area contributed by atoms with Crippen LogP contribution in [0.25, 0.3) is 0 Å². The van der Waals surface area contributed by atoms with E-state index in [2.05, 4.69) is 24.4 Å². The van der Waals surface area contributed by atoms with Gasteiger partial charge in [0.05, 0.1) is 5.41 Å². The van der Waals surface area contributed by atoms with E-state index in [0.717, 1.165) is 30.5 Å². The van der Waals surface area contributed by atoms with Crippen LogP contribution >= 0.6 is 0 Å². The highest BCUT2D eigenvalue weighted by Gasteiger charge is 2.45. The van der Waals surface area contributed by atoms with Crippen molar-refractivity contribution in [3.63, 3.8) is 0 Å². The summed E-state index contributed by atoms with van der Waals surface area (Å²) in [5.41, 5.74) is 3.09. The number of para-hydroxylation sites is 1. The third-order valence-electron chi connectivity index (χ3n) is 3.70. The van der Waals surface area contributed by atoms with Gasteiger partial charge in [0.1, 0.15) is 0 Å². The predicted molar refractivity (Wildman–Crippen MR) is 64.4 cm³/mol. The Kier molecular flexibility index (Phi) is 1.93.